The highest BCUT2D eigenvalue weighted by atomic mass is 127. The molecular weight excluding hydrogens is 447 g/mol. The Morgan fingerprint density at radius 2 is 1.67 bits per heavy atom. The highest BCUT2D eigenvalue weighted by molar-refractivity contribution is 14.1. The van der Waals surface area contributed by atoms with E-state index in [9.17, 15) is 4.79 Å². The van der Waals surface area contributed by atoms with Gasteiger partial charge in [-0.2, -0.15) is 0 Å². The molecule has 0 saturated carbocycles. The summed E-state index contributed by atoms with van der Waals surface area (Å²) in [6.07, 6.45) is 3.88. The van der Waals surface area contributed by atoms with E-state index in [1.54, 1.807) is 4.57 Å². The molecule has 132 valence electrons. The first-order valence-corrected chi connectivity index (χ1v) is 9.72. The lowest BCUT2D eigenvalue weighted by Gasteiger charge is -2.11. The molecule has 0 N–H and O–H groups in total. The van der Waals surface area contributed by atoms with Crippen LogP contribution in [0.2, 0.25) is 0 Å². The maximum Gasteiger partial charge on any atom is 0.266 e. The molecule has 3 aromatic carbocycles. The van der Waals surface area contributed by atoms with Crippen LogP contribution in [0.1, 0.15) is 17.0 Å². The number of nitrogens with zero attached hydrogens (tertiary/aromatic N) is 2. The van der Waals surface area contributed by atoms with Gasteiger partial charge in [0.1, 0.15) is 5.82 Å². The summed E-state index contributed by atoms with van der Waals surface area (Å²) in [6.45, 7) is 2.06. The molecule has 4 rings (SSSR count). The monoisotopic (exact) mass is 464 g/mol. The molecule has 1 heterocycles. The van der Waals surface area contributed by atoms with Crippen LogP contribution in [-0.2, 0) is 0 Å². The summed E-state index contributed by atoms with van der Waals surface area (Å²) in [6, 6.07) is 23.6. The third-order valence-corrected chi connectivity index (χ3v) is 5.04. The van der Waals surface area contributed by atoms with Gasteiger partial charge < -0.3 is 0 Å². The molecule has 3 nitrogen and oxygen atoms in total. The fraction of sp³-hybridized carbons (Fsp3) is 0.0435. The van der Waals surface area contributed by atoms with E-state index in [0.29, 0.717) is 16.7 Å². The Hall–Kier alpha value is -2.73. The second-order valence-corrected chi connectivity index (χ2v) is 7.60. The number of halogens is 1. The molecule has 4 aromatic rings. The third kappa shape index (κ3) is 3.71. The molecular formula is C23H17IN2O. The van der Waals surface area contributed by atoms with E-state index < -0.39 is 0 Å². The van der Waals surface area contributed by atoms with Gasteiger partial charge in [0.25, 0.3) is 5.56 Å². The predicted molar refractivity (Wildman–Crippen MR) is 120 cm³/mol. The Morgan fingerprint density at radius 3 is 2.41 bits per heavy atom. The lowest BCUT2D eigenvalue weighted by Crippen LogP contribution is -2.22. The van der Waals surface area contributed by atoms with Gasteiger partial charge in [0.15, 0.2) is 0 Å². The number of para-hydroxylation sites is 1. The molecule has 0 saturated heterocycles. The van der Waals surface area contributed by atoms with Gasteiger partial charge in [0.2, 0.25) is 0 Å². The van der Waals surface area contributed by atoms with E-state index in [0.717, 1.165) is 14.8 Å². The van der Waals surface area contributed by atoms with Crippen molar-refractivity contribution in [3.8, 4) is 5.69 Å². The van der Waals surface area contributed by atoms with E-state index in [1.807, 2.05) is 60.7 Å². The molecule has 0 bridgehead atoms. The summed E-state index contributed by atoms with van der Waals surface area (Å²) in [5, 5.41) is 0.623. The number of fused-ring (bicyclic) bond motifs is 1. The quantitative estimate of drug-likeness (QED) is 0.377. The van der Waals surface area contributed by atoms with Crippen molar-refractivity contribution in [1.82, 2.24) is 9.55 Å². The van der Waals surface area contributed by atoms with Crippen LogP contribution in [0.15, 0.2) is 77.6 Å². The smallest absolute Gasteiger partial charge is 0.266 e. The molecule has 0 spiro atoms. The van der Waals surface area contributed by atoms with Gasteiger partial charge in [-0.3, -0.25) is 9.36 Å². The molecule has 0 radical (unpaired) electrons. The van der Waals surface area contributed by atoms with Gasteiger partial charge in [0.05, 0.1) is 16.6 Å². The first kappa shape index (κ1) is 17.7. The van der Waals surface area contributed by atoms with Crippen molar-refractivity contribution in [2.24, 2.45) is 0 Å². The van der Waals surface area contributed by atoms with Gasteiger partial charge in [-0.25, -0.2) is 4.98 Å². The number of aromatic nitrogens is 2. The zero-order valence-electron chi connectivity index (χ0n) is 14.8. The van der Waals surface area contributed by atoms with E-state index in [-0.39, 0.29) is 5.56 Å². The van der Waals surface area contributed by atoms with Gasteiger partial charge in [-0.1, -0.05) is 54.1 Å². The average molecular weight is 464 g/mol. The number of rotatable bonds is 3. The van der Waals surface area contributed by atoms with Crippen molar-refractivity contribution in [1.29, 1.82) is 0 Å². The molecule has 1 aromatic heterocycles. The van der Waals surface area contributed by atoms with Crippen molar-refractivity contribution in [3.63, 3.8) is 0 Å². The molecule has 0 fully saturated rings. The largest absolute Gasteiger partial charge is 0.268 e. The Balaban J connectivity index is 1.94. The SMILES string of the molecule is Cc1ccc(C=Cc2nc3ccc(I)cc3c(=O)n2-c2ccccc2)cc1. The summed E-state index contributed by atoms with van der Waals surface area (Å²) in [5.41, 5.74) is 3.73. The van der Waals surface area contributed by atoms with Crippen LogP contribution < -0.4 is 5.56 Å². The minimum absolute atomic E-state index is 0.0618. The van der Waals surface area contributed by atoms with Crippen molar-refractivity contribution in [2.45, 2.75) is 6.92 Å². The second-order valence-electron chi connectivity index (χ2n) is 6.35. The standard InChI is InChI=1S/C23H17IN2O/c1-16-7-9-17(10-8-16)11-14-22-25-21-13-12-18(24)15-20(21)23(27)26(22)19-5-3-2-4-6-19/h2-15H,1H3. The maximum atomic E-state index is 13.2. The van der Waals surface area contributed by atoms with Crippen LogP contribution in [0.4, 0.5) is 0 Å². The Morgan fingerprint density at radius 1 is 0.926 bits per heavy atom. The first-order chi connectivity index (χ1) is 13.1. The Labute approximate surface area is 171 Å². The second kappa shape index (κ2) is 7.48. The van der Waals surface area contributed by atoms with Gasteiger partial charge in [-0.15, -0.1) is 0 Å². The van der Waals surface area contributed by atoms with Gasteiger partial charge in [0, 0.05) is 3.57 Å². The predicted octanol–water partition coefficient (Wildman–Crippen LogP) is 5.47. The molecule has 0 aliphatic carbocycles. The topological polar surface area (TPSA) is 34.9 Å². The van der Waals surface area contributed by atoms with E-state index in [1.165, 1.54) is 5.56 Å². The van der Waals surface area contributed by atoms with Crippen LogP contribution in [-0.4, -0.2) is 9.55 Å². The number of hydrogen-bond donors (Lipinski definition) is 0. The van der Waals surface area contributed by atoms with Crippen LogP contribution in [0.3, 0.4) is 0 Å². The number of hydrogen-bond acceptors (Lipinski definition) is 2. The minimum Gasteiger partial charge on any atom is -0.268 e. The summed E-state index contributed by atoms with van der Waals surface area (Å²) in [5.74, 6) is 0.612. The van der Waals surface area contributed by atoms with E-state index >= 15 is 0 Å². The third-order valence-electron chi connectivity index (χ3n) is 4.37. The lowest BCUT2D eigenvalue weighted by molar-refractivity contribution is 0.944. The summed E-state index contributed by atoms with van der Waals surface area (Å²) >= 11 is 2.22. The van der Waals surface area contributed by atoms with Crippen molar-refractivity contribution >= 4 is 45.6 Å². The Kier molecular flexibility index (Phi) is 4.90. The first-order valence-electron chi connectivity index (χ1n) is 8.64. The molecule has 0 aliphatic rings. The van der Waals surface area contributed by atoms with Crippen LogP contribution in [0.25, 0.3) is 28.7 Å². The zero-order chi connectivity index (χ0) is 18.8. The van der Waals surface area contributed by atoms with E-state index in [4.69, 9.17) is 4.98 Å². The number of benzene rings is 3. The van der Waals surface area contributed by atoms with Crippen molar-refractivity contribution in [2.75, 3.05) is 0 Å². The molecule has 0 aliphatic heterocycles. The van der Waals surface area contributed by atoms with Crippen LogP contribution in [0, 0.1) is 10.5 Å². The lowest BCUT2D eigenvalue weighted by atomic mass is 10.1. The summed E-state index contributed by atoms with van der Waals surface area (Å²) < 4.78 is 2.69. The normalized spacial score (nSPS) is 11.3. The summed E-state index contributed by atoms with van der Waals surface area (Å²) in [7, 11) is 0. The van der Waals surface area contributed by atoms with E-state index in [2.05, 4.69) is 53.8 Å². The van der Waals surface area contributed by atoms with Crippen molar-refractivity contribution in [3.05, 3.63) is 104 Å². The minimum atomic E-state index is -0.0618. The zero-order valence-corrected chi connectivity index (χ0v) is 16.9. The molecule has 27 heavy (non-hydrogen) atoms. The fourth-order valence-electron chi connectivity index (χ4n) is 2.96. The fourth-order valence-corrected chi connectivity index (χ4v) is 3.45. The highest BCUT2D eigenvalue weighted by Gasteiger charge is 2.11. The highest BCUT2D eigenvalue weighted by Crippen LogP contribution is 2.17. The molecule has 4 heteroatoms. The molecule has 0 atom stereocenters. The van der Waals surface area contributed by atoms with Gasteiger partial charge >= 0.3 is 0 Å². The van der Waals surface area contributed by atoms with Crippen LogP contribution >= 0.6 is 22.6 Å². The number of aryl methyl sites for hydroxylation is 1. The van der Waals surface area contributed by atoms with Crippen LogP contribution in [0.5, 0.6) is 0 Å². The van der Waals surface area contributed by atoms with Gasteiger partial charge in [-0.05, 0) is 71.5 Å². The Bertz CT molecular complexity index is 1190. The molecule has 0 amide bonds. The molecule has 0 unspecified atom stereocenters. The average Bonchev–Trinajstić information content (AvgIpc) is 2.69. The summed E-state index contributed by atoms with van der Waals surface area (Å²) in [4.78, 5) is 18.0. The maximum absolute atomic E-state index is 13.2. The van der Waals surface area contributed by atoms with Crippen molar-refractivity contribution < 1.29 is 0 Å².